The summed E-state index contributed by atoms with van der Waals surface area (Å²) in [6, 6.07) is 12.6. The van der Waals surface area contributed by atoms with E-state index in [-0.39, 0.29) is 6.61 Å². The number of ether oxygens (including phenoxy) is 1. The van der Waals surface area contributed by atoms with Crippen molar-refractivity contribution in [1.29, 1.82) is 0 Å². The lowest BCUT2D eigenvalue weighted by Gasteiger charge is -2.10. The Morgan fingerprint density at radius 3 is 2.59 bits per heavy atom. The van der Waals surface area contributed by atoms with Crippen LogP contribution in [-0.2, 0) is 17.9 Å². The lowest BCUT2D eigenvalue weighted by molar-refractivity contribution is 0.137. The molecule has 140 valence electrons. The highest BCUT2D eigenvalue weighted by atomic mass is 35.5. The van der Waals surface area contributed by atoms with Crippen LogP contribution in [0.4, 0.5) is 10.5 Å². The molecule has 0 radical (unpaired) electrons. The molecule has 0 spiro atoms. The Hall–Kier alpha value is -2.41. The highest BCUT2D eigenvalue weighted by Crippen LogP contribution is 2.30. The summed E-state index contributed by atoms with van der Waals surface area (Å²) in [4.78, 5) is 10.6. The van der Waals surface area contributed by atoms with Gasteiger partial charge in [-0.1, -0.05) is 52.1 Å². The van der Waals surface area contributed by atoms with Crippen molar-refractivity contribution in [2.75, 3.05) is 5.32 Å². The first-order chi connectivity index (χ1) is 12.9. The Bertz CT molecular complexity index is 958. The number of amides is 1. The predicted molar refractivity (Wildman–Crippen MR) is 105 cm³/mol. The molecule has 1 amide bonds. The van der Waals surface area contributed by atoms with E-state index in [0.717, 1.165) is 16.8 Å². The van der Waals surface area contributed by atoms with Gasteiger partial charge in [-0.05, 0) is 29.8 Å². The van der Waals surface area contributed by atoms with E-state index in [9.17, 15) is 4.79 Å². The molecular formula is C18H14Cl3N3O3. The molecular weight excluding hydrogens is 413 g/mol. The van der Waals surface area contributed by atoms with E-state index >= 15 is 0 Å². The Kier molecular flexibility index (Phi) is 6.11. The number of carbonyl (C=O) groups is 1. The zero-order chi connectivity index (χ0) is 19.4. The highest BCUT2D eigenvalue weighted by molar-refractivity contribution is 6.43. The summed E-state index contributed by atoms with van der Waals surface area (Å²) in [7, 11) is 0. The summed E-state index contributed by atoms with van der Waals surface area (Å²) in [6.07, 6.45) is -0.871. The van der Waals surface area contributed by atoms with Gasteiger partial charge < -0.3 is 20.3 Å². The van der Waals surface area contributed by atoms with Gasteiger partial charge in [-0.15, -0.1) is 0 Å². The highest BCUT2D eigenvalue weighted by Gasteiger charge is 2.09. The summed E-state index contributed by atoms with van der Waals surface area (Å²) in [6.45, 7) is 0.405. The first-order valence-corrected chi connectivity index (χ1v) is 8.91. The maximum atomic E-state index is 10.6. The normalized spacial score (nSPS) is 10.6. The summed E-state index contributed by atoms with van der Waals surface area (Å²) >= 11 is 18.2. The van der Waals surface area contributed by atoms with Crippen LogP contribution in [0.5, 0.6) is 0 Å². The van der Waals surface area contributed by atoms with Gasteiger partial charge in [0.05, 0.1) is 10.0 Å². The molecule has 2 aromatic carbocycles. The van der Waals surface area contributed by atoms with Crippen LogP contribution in [-0.4, -0.2) is 11.2 Å². The van der Waals surface area contributed by atoms with Gasteiger partial charge in [0, 0.05) is 28.9 Å². The number of hydrogen-bond donors (Lipinski definition) is 2. The SMILES string of the molecule is NC(=O)OCc1cc(-c2ccc(NCc3cc(Cl)cc(Cl)c3Cl)cc2)no1. The number of primary amides is 1. The molecule has 1 heterocycles. The molecule has 27 heavy (non-hydrogen) atoms. The minimum absolute atomic E-state index is 0.0646. The third-order valence-electron chi connectivity index (χ3n) is 3.65. The van der Waals surface area contributed by atoms with Gasteiger partial charge in [0.25, 0.3) is 0 Å². The van der Waals surface area contributed by atoms with E-state index in [2.05, 4.69) is 15.2 Å². The molecule has 0 aliphatic rings. The Balaban J connectivity index is 1.65. The van der Waals surface area contributed by atoms with Crippen LogP contribution in [0.15, 0.2) is 47.0 Å². The van der Waals surface area contributed by atoms with Crippen molar-refractivity contribution in [1.82, 2.24) is 5.16 Å². The van der Waals surface area contributed by atoms with E-state index in [1.54, 1.807) is 18.2 Å². The molecule has 0 bridgehead atoms. The average Bonchev–Trinajstić information content (AvgIpc) is 3.11. The molecule has 0 atom stereocenters. The minimum atomic E-state index is -0.871. The zero-order valence-corrected chi connectivity index (χ0v) is 16.1. The van der Waals surface area contributed by atoms with Crippen molar-refractivity contribution < 1.29 is 14.1 Å². The number of aromatic nitrogens is 1. The van der Waals surface area contributed by atoms with E-state index < -0.39 is 6.09 Å². The molecule has 6 nitrogen and oxygen atoms in total. The molecule has 0 saturated carbocycles. The van der Waals surface area contributed by atoms with E-state index in [1.165, 1.54) is 0 Å². The molecule has 0 saturated heterocycles. The van der Waals surface area contributed by atoms with Gasteiger partial charge >= 0.3 is 6.09 Å². The van der Waals surface area contributed by atoms with E-state index in [0.29, 0.717) is 33.1 Å². The molecule has 0 unspecified atom stereocenters. The first-order valence-electron chi connectivity index (χ1n) is 7.78. The minimum Gasteiger partial charge on any atom is -0.441 e. The number of nitrogens with zero attached hydrogens (tertiary/aromatic N) is 1. The van der Waals surface area contributed by atoms with Gasteiger partial charge in [-0.3, -0.25) is 0 Å². The largest absolute Gasteiger partial charge is 0.441 e. The van der Waals surface area contributed by atoms with Crippen LogP contribution in [0.1, 0.15) is 11.3 Å². The molecule has 3 rings (SSSR count). The summed E-state index contributed by atoms with van der Waals surface area (Å²) in [5.41, 5.74) is 8.06. The van der Waals surface area contributed by atoms with Crippen LogP contribution < -0.4 is 11.1 Å². The zero-order valence-electron chi connectivity index (χ0n) is 13.8. The third-order valence-corrected chi connectivity index (χ3v) is 4.71. The van der Waals surface area contributed by atoms with Crippen molar-refractivity contribution in [2.24, 2.45) is 5.73 Å². The average molecular weight is 427 g/mol. The fourth-order valence-electron chi connectivity index (χ4n) is 2.35. The Morgan fingerprint density at radius 1 is 1.15 bits per heavy atom. The predicted octanol–water partition coefficient (Wildman–Crippen LogP) is 5.51. The number of rotatable bonds is 6. The van der Waals surface area contributed by atoms with E-state index in [4.69, 9.17) is 45.1 Å². The fraction of sp³-hybridized carbons (Fsp3) is 0.111. The molecule has 1 aromatic heterocycles. The van der Waals surface area contributed by atoms with Crippen molar-refractivity contribution in [3.05, 3.63) is 68.9 Å². The second-order valence-electron chi connectivity index (χ2n) is 5.58. The summed E-state index contributed by atoms with van der Waals surface area (Å²) in [5, 5.41) is 8.61. The maximum Gasteiger partial charge on any atom is 0.404 e. The van der Waals surface area contributed by atoms with Crippen LogP contribution in [0.3, 0.4) is 0 Å². The lowest BCUT2D eigenvalue weighted by Crippen LogP contribution is -2.12. The van der Waals surface area contributed by atoms with Gasteiger partial charge in [-0.2, -0.15) is 0 Å². The first kappa shape index (κ1) is 19.4. The quantitative estimate of drug-likeness (QED) is 0.507. The second kappa shape index (κ2) is 8.52. The summed E-state index contributed by atoms with van der Waals surface area (Å²) in [5.74, 6) is 0.401. The van der Waals surface area contributed by atoms with Crippen molar-refractivity contribution in [3.8, 4) is 11.3 Å². The molecule has 0 fully saturated rings. The monoisotopic (exact) mass is 425 g/mol. The topological polar surface area (TPSA) is 90.4 Å². The van der Waals surface area contributed by atoms with Crippen molar-refractivity contribution in [2.45, 2.75) is 13.2 Å². The number of carbonyl (C=O) groups excluding carboxylic acids is 1. The van der Waals surface area contributed by atoms with Crippen LogP contribution in [0, 0.1) is 0 Å². The number of nitrogens with one attached hydrogen (secondary N) is 1. The lowest BCUT2D eigenvalue weighted by atomic mass is 10.1. The van der Waals surface area contributed by atoms with Crippen molar-refractivity contribution >= 4 is 46.6 Å². The van der Waals surface area contributed by atoms with Gasteiger partial charge in [0.2, 0.25) is 0 Å². The van der Waals surface area contributed by atoms with Gasteiger partial charge in [0.15, 0.2) is 12.4 Å². The Labute approximate surface area is 170 Å². The molecule has 0 aliphatic carbocycles. The second-order valence-corrected chi connectivity index (χ2v) is 6.80. The Morgan fingerprint density at radius 2 is 1.89 bits per heavy atom. The molecule has 3 N–H and O–H groups in total. The van der Waals surface area contributed by atoms with Gasteiger partial charge in [0.1, 0.15) is 5.69 Å². The summed E-state index contributed by atoms with van der Waals surface area (Å²) < 4.78 is 9.76. The van der Waals surface area contributed by atoms with Crippen LogP contribution in [0.25, 0.3) is 11.3 Å². The van der Waals surface area contributed by atoms with Crippen molar-refractivity contribution in [3.63, 3.8) is 0 Å². The van der Waals surface area contributed by atoms with E-state index in [1.807, 2.05) is 24.3 Å². The molecule has 3 aromatic rings. The number of anilines is 1. The number of nitrogens with two attached hydrogens (primary N) is 1. The maximum absolute atomic E-state index is 10.6. The number of hydrogen-bond acceptors (Lipinski definition) is 5. The molecule has 9 heteroatoms. The smallest absolute Gasteiger partial charge is 0.404 e. The molecule has 0 aliphatic heterocycles. The standard InChI is InChI=1S/C18H14Cl3N3O3/c19-12-5-11(17(21)15(20)6-12)8-23-13-3-1-10(2-4-13)16-7-14(27-24-16)9-26-18(22)25/h1-7,23H,8-9H2,(H2,22,25). The van der Waals surface area contributed by atoms with Crippen LogP contribution in [0.2, 0.25) is 15.1 Å². The third kappa shape index (κ3) is 5.07. The number of benzene rings is 2. The number of halogens is 3. The van der Waals surface area contributed by atoms with Crippen LogP contribution >= 0.6 is 34.8 Å². The fourth-order valence-corrected chi connectivity index (χ4v) is 3.06. The van der Waals surface area contributed by atoms with Gasteiger partial charge in [-0.25, -0.2) is 4.79 Å².